The first-order valence-corrected chi connectivity index (χ1v) is 11.4. The number of unbranched alkanes of at least 4 members (excludes halogenated alkanes) is 1. The van der Waals surface area contributed by atoms with Gasteiger partial charge in [-0.1, -0.05) is 24.6 Å². The molecule has 0 unspecified atom stereocenters. The second-order valence-electron chi connectivity index (χ2n) is 9.08. The first kappa shape index (κ1) is 21.0. The minimum Gasteiger partial charge on any atom is -0.381 e. The van der Waals surface area contributed by atoms with Crippen molar-refractivity contribution in [1.29, 1.82) is 0 Å². The maximum absolute atomic E-state index is 12.9. The summed E-state index contributed by atoms with van der Waals surface area (Å²) in [7, 11) is 0. The van der Waals surface area contributed by atoms with Gasteiger partial charge in [0.1, 0.15) is 0 Å². The molecular weight excluding hydrogens is 378 g/mol. The summed E-state index contributed by atoms with van der Waals surface area (Å²) in [6, 6.07) is 0. The molecule has 1 aromatic heterocycles. The molecule has 1 fully saturated rings. The van der Waals surface area contributed by atoms with Crippen molar-refractivity contribution in [3.63, 3.8) is 0 Å². The van der Waals surface area contributed by atoms with Gasteiger partial charge in [0.25, 0.3) is 5.91 Å². The van der Waals surface area contributed by atoms with Crippen LogP contribution in [0.15, 0.2) is 23.3 Å². The van der Waals surface area contributed by atoms with E-state index in [1.165, 1.54) is 5.57 Å². The van der Waals surface area contributed by atoms with Gasteiger partial charge in [-0.3, -0.25) is 14.3 Å². The van der Waals surface area contributed by atoms with Crippen molar-refractivity contribution >= 4 is 11.7 Å². The maximum Gasteiger partial charge on any atom is 0.255 e. The number of allylic oxidation sites excluding steroid dienone is 4. The Morgan fingerprint density at radius 3 is 2.77 bits per heavy atom. The molecule has 1 amide bonds. The zero-order valence-electron chi connectivity index (χ0n) is 18.3. The molecule has 0 atom stereocenters. The Kier molecular flexibility index (Phi) is 6.23. The number of nitrogens with one attached hydrogen (secondary N) is 1. The number of hydrogen-bond donors (Lipinski definition) is 1. The van der Waals surface area contributed by atoms with E-state index in [1.807, 2.05) is 12.2 Å². The summed E-state index contributed by atoms with van der Waals surface area (Å²) >= 11 is 0. The fourth-order valence-corrected chi connectivity index (χ4v) is 4.92. The molecule has 1 N–H and O–H groups in total. The number of aromatic nitrogens is 2. The summed E-state index contributed by atoms with van der Waals surface area (Å²) < 4.78 is 7.64. The highest BCUT2D eigenvalue weighted by molar-refractivity contribution is 5.97. The lowest BCUT2D eigenvalue weighted by molar-refractivity contribution is -0.115. The normalized spacial score (nSPS) is 20.4. The molecule has 3 heterocycles. The fraction of sp³-hybridized carbons (Fsp3) is 0.625. The van der Waals surface area contributed by atoms with E-state index >= 15 is 0 Å². The monoisotopic (exact) mass is 411 g/mol. The highest BCUT2D eigenvalue weighted by atomic mass is 16.5. The first-order chi connectivity index (χ1) is 14.5. The van der Waals surface area contributed by atoms with E-state index in [-0.39, 0.29) is 17.1 Å². The van der Waals surface area contributed by atoms with E-state index in [4.69, 9.17) is 9.84 Å². The Labute approximate surface area is 178 Å². The van der Waals surface area contributed by atoms with E-state index in [0.717, 1.165) is 87.2 Å². The van der Waals surface area contributed by atoms with Crippen LogP contribution >= 0.6 is 0 Å². The number of carbonyl (C=O) groups is 2. The summed E-state index contributed by atoms with van der Waals surface area (Å²) in [4.78, 5) is 25.3. The number of Topliss-reactive ketones (excluding diaryl/α,β-unsaturated/α-hetero) is 1. The summed E-state index contributed by atoms with van der Waals surface area (Å²) in [5.41, 5.74) is 5.01. The zero-order chi connectivity index (χ0) is 21.1. The summed E-state index contributed by atoms with van der Waals surface area (Å²) in [5.74, 6) is 0.278. The molecule has 6 heteroatoms. The lowest BCUT2D eigenvalue weighted by atomic mass is 9.76. The van der Waals surface area contributed by atoms with E-state index in [9.17, 15) is 9.59 Å². The lowest BCUT2D eigenvalue weighted by Gasteiger charge is -2.36. The SMILES string of the molecule is CCc1nn(CCCCC(=O)C2=CC=C(C)C2)c2c1C(=O)NCC1(CCOCC1)C2. The molecule has 0 bridgehead atoms. The minimum absolute atomic E-state index is 0.0164. The van der Waals surface area contributed by atoms with Crippen LogP contribution in [0.5, 0.6) is 0 Å². The van der Waals surface area contributed by atoms with Crippen LogP contribution in [0.1, 0.15) is 74.1 Å². The maximum atomic E-state index is 12.9. The standard InChI is InChI=1S/C24H33N3O3/c1-3-19-22-20(15-24(16-25-23(22)29)9-12-30-13-10-24)27(26-19)11-5-4-6-21(28)18-8-7-17(2)14-18/h7-8H,3-6,9-16H2,1-2H3,(H,25,29). The summed E-state index contributed by atoms with van der Waals surface area (Å²) in [5, 5.41) is 7.97. The number of rotatable bonds is 7. The van der Waals surface area contributed by atoms with Gasteiger partial charge < -0.3 is 10.1 Å². The number of amides is 1. The smallest absolute Gasteiger partial charge is 0.255 e. The number of hydrogen-bond acceptors (Lipinski definition) is 4. The number of ketones is 1. The van der Waals surface area contributed by atoms with Crippen molar-refractivity contribution in [2.45, 2.75) is 71.8 Å². The Bertz CT molecular complexity index is 888. The van der Waals surface area contributed by atoms with Gasteiger partial charge in [-0.25, -0.2) is 0 Å². The molecule has 162 valence electrons. The average Bonchev–Trinajstić information content (AvgIpc) is 3.30. The molecule has 0 radical (unpaired) electrons. The first-order valence-electron chi connectivity index (χ1n) is 11.4. The van der Waals surface area contributed by atoms with Crippen LogP contribution in [-0.4, -0.2) is 41.2 Å². The third kappa shape index (κ3) is 4.29. The number of aryl methyl sites for hydroxylation is 2. The van der Waals surface area contributed by atoms with E-state index in [2.05, 4.69) is 23.8 Å². The Morgan fingerprint density at radius 1 is 1.27 bits per heavy atom. The van der Waals surface area contributed by atoms with Gasteiger partial charge in [0.05, 0.1) is 17.0 Å². The molecule has 0 saturated carbocycles. The van der Waals surface area contributed by atoms with Crippen LogP contribution in [0.4, 0.5) is 0 Å². The van der Waals surface area contributed by atoms with Gasteiger partial charge >= 0.3 is 0 Å². The van der Waals surface area contributed by atoms with Gasteiger partial charge in [-0.2, -0.15) is 5.10 Å². The van der Waals surface area contributed by atoms with Gasteiger partial charge in [-0.05, 0) is 62.9 Å². The van der Waals surface area contributed by atoms with Crippen molar-refractivity contribution in [2.75, 3.05) is 19.8 Å². The van der Waals surface area contributed by atoms with Crippen LogP contribution in [-0.2, 0) is 28.9 Å². The fourth-order valence-electron chi connectivity index (χ4n) is 4.92. The molecule has 0 aromatic carbocycles. The lowest BCUT2D eigenvalue weighted by Crippen LogP contribution is -2.40. The zero-order valence-corrected chi connectivity index (χ0v) is 18.3. The van der Waals surface area contributed by atoms with Crippen LogP contribution in [0.25, 0.3) is 0 Å². The van der Waals surface area contributed by atoms with Gasteiger partial charge in [0.15, 0.2) is 5.78 Å². The topological polar surface area (TPSA) is 73.2 Å². The van der Waals surface area contributed by atoms with Gasteiger partial charge in [0, 0.05) is 32.7 Å². The van der Waals surface area contributed by atoms with Crippen molar-refractivity contribution in [3.05, 3.63) is 40.2 Å². The average molecular weight is 412 g/mol. The molecule has 6 nitrogen and oxygen atoms in total. The summed E-state index contributed by atoms with van der Waals surface area (Å²) in [6.45, 7) is 7.10. The molecular formula is C24H33N3O3. The third-order valence-electron chi connectivity index (χ3n) is 6.83. The highest BCUT2D eigenvalue weighted by Gasteiger charge is 2.39. The molecule has 1 saturated heterocycles. The van der Waals surface area contributed by atoms with E-state index in [1.54, 1.807) is 0 Å². The predicted octanol–water partition coefficient (Wildman–Crippen LogP) is 3.54. The summed E-state index contributed by atoms with van der Waals surface area (Å²) in [6.07, 6.45) is 10.7. The molecule has 1 spiro atoms. The Balaban J connectivity index is 1.44. The quantitative estimate of drug-likeness (QED) is 0.697. The van der Waals surface area contributed by atoms with Crippen LogP contribution < -0.4 is 5.32 Å². The van der Waals surface area contributed by atoms with Crippen LogP contribution in [0.3, 0.4) is 0 Å². The molecule has 2 aliphatic heterocycles. The molecule has 30 heavy (non-hydrogen) atoms. The van der Waals surface area contributed by atoms with Crippen molar-refractivity contribution in [1.82, 2.24) is 15.1 Å². The number of carbonyl (C=O) groups excluding carboxylic acids is 2. The van der Waals surface area contributed by atoms with E-state index in [0.29, 0.717) is 13.0 Å². The Hall–Kier alpha value is -2.21. The molecule has 3 aliphatic rings. The molecule has 1 aliphatic carbocycles. The minimum atomic E-state index is 0.0164. The third-order valence-corrected chi connectivity index (χ3v) is 6.83. The van der Waals surface area contributed by atoms with Crippen molar-refractivity contribution in [3.8, 4) is 0 Å². The van der Waals surface area contributed by atoms with E-state index < -0.39 is 0 Å². The Morgan fingerprint density at radius 2 is 2.07 bits per heavy atom. The van der Waals surface area contributed by atoms with Crippen LogP contribution in [0.2, 0.25) is 0 Å². The number of nitrogens with zero attached hydrogens (tertiary/aromatic N) is 2. The predicted molar refractivity (Wildman–Crippen MR) is 115 cm³/mol. The van der Waals surface area contributed by atoms with Gasteiger partial charge in [0.2, 0.25) is 0 Å². The second-order valence-corrected chi connectivity index (χ2v) is 9.08. The van der Waals surface area contributed by atoms with Crippen molar-refractivity contribution < 1.29 is 14.3 Å². The largest absolute Gasteiger partial charge is 0.381 e. The molecule has 1 aromatic rings. The van der Waals surface area contributed by atoms with Gasteiger partial charge in [-0.15, -0.1) is 0 Å². The second kappa shape index (κ2) is 8.88. The molecule has 4 rings (SSSR count). The van der Waals surface area contributed by atoms with Crippen molar-refractivity contribution in [2.24, 2.45) is 5.41 Å². The number of fused-ring (bicyclic) bond motifs is 1. The number of ether oxygens (including phenoxy) is 1. The van der Waals surface area contributed by atoms with Crippen LogP contribution in [0, 0.1) is 5.41 Å². The highest BCUT2D eigenvalue weighted by Crippen LogP contribution is 2.37.